The van der Waals surface area contributed by atoms with Gasteiger partial charge in [0.1, 0.15) is 11.6 Å². The molecule has 0 spiro atoms. The van der Waals surface area contributed by atoms with Gasteiger partial charge in [-0.2, -0.15) is 5.10 Å². The lowest BCUT2D eigenvalue weighted by Crippen LogP contribution is -2.36. The molecule has 3 aliphatic rings. The number of anilines is 3. The van der Waals surface area contributed by atoms with Crippen molar-refractivity contribution in [3.8, 4) is 11.1 Å². The van der Waals surface area contributed by atoms with Crippen molar-refractivity contribution in [1.29, 1.82) is 0 Å². The molecular weight excluding hydrogens is 881 g/mol. The van der Waals surface area contributed by atoms with Crippen LogP contribution < -0.4 is 20.9 Å². The molecule has 1 unspecified atom stereocenters. The number of nitrogens with one attached hydrogen (secondary N) is 3. The number of pyridine rings is 2. The highest BCUT2D eigenvalue weighted by Crippen LogP contribution is 2.37. The van der Waals surface area contributed by atoms with Crippen molar-refractivity contribution in [2.45, 2.75) is 77.7 Å². The lowest BCUT2D eigenvalue weighted by Gasteiger charge is -2.33. The monoisotopic (exact) mass is 947 g/mol. The van der Waals surface area contributed by atoms with E-state index < -0.39 is 0 Å². The van der Waals surface area contributed by atoms with Gasteiger partial charge in [-0.3, -0.25) is 9.58 Å². The van der Waals surface area contributed by atoms with Gasteiger partial charge >= 0.3 is 0 Å². The number of thiazole rings is 1. The quantitative estimate of drug-likeness (QED) is 0.0875. The summed E-state index contributed by atoms with van der Waals surface area (Å²) in [5, 5.41) is 17.1. The molecule has 0 amide bonds. The standard InChI is InChI=1S/C59H66N10S/c1-9-52-49(24-26-56(63-52)69-32-29-45-13-12-14-47(51(45)36-69)41(6)62-59-64-53-15-10-11-16-54(53)70-59)46-22-20-44(34-38(46)3)33-37(2)17-19-43-27-30-68(31-28-43)35-40(5)61-55-25-23-50-57(66-67(8)58(50)65-55)48-21-18-39(4)60-42(48)7/h9-16,20,22-26,34,37,43,48,60H,1,4-7,17-19,21,27-33,35-36H2,2-3,8H3,(H,61,65)(H,62,64)/t37-,48?/m1/s1. The van der Waals surface area contributed by atoms with Crippen molar-refractivity contribution in [3.63, 3.8) is 0 Å². The Balaban J connectivity index is 0.694. The number of allylic oxidation sites excluding steroid dienone is 2. The summed E-state index contributed by atoms with van der Waals surface area (Å²) in [5.41, 5.74) is 16.4. The fraction of sp³-hybridized carbons (Fsp3) is 0.322. The summed E-state index contributed by atoms with van der Waals surface area (Å²) >= 11 is 1.65. The van der Waals surface area contributed by atoms with E-state index in [0.29, 0.717) is 5.92 Å². The number of hydrogen-bond donors (Lipinski definition) is 3. The molecule has 0 bridgehead atoms. The summed E-state index contributed by atoms with van der Waals surface area (Å²) in [6.07, 6.45) is 10.8. The Hall–Kier alpha value is -6.82. The maximum atomic E-state index is 5.22. The molecule has 0 radical (unpaired) electrons. The highest BCUT2D eigenvalue weighted by atomic mass is 32.1. The molecule has 11 heteroatoms. The second-order valence-electron chi connectivity index (χ2n) is 19.9. The third-order valence-electron chi connectivity index (χ3n) is 14.8. The smallest absolute Gasteiger partial charge is 0.188 e. The van der Waals surface area contributed by atoms with Crippen molar-refractivity contribution in [2.75, 3.05) is 41.7 Å². The van der Waals surface area contributed by atoms with Crippen LogP contribution in [0.3, 0.4) is 0 Å². The minimum atomic E-state index is 0.147. The molecule has 3 aromatic carbocycles. The highest BCUT2D eigenvalue weighted by Gasteiger charge is 2.27. The summed E-state index contributed by atoms with van der Waals surface area (Å²) in [7, 11) is 1.96. The fourth-order valence-electron chi connectivity index (χ4n) is 11.0. The molecule has 0 saturated carbocycles. The average Bonchev–Trinajstić information content (AvgIpc) is 3.92. The second kappa shape index (κ2) is 20.3. The average molecular weight is 947 g/mol. The number of nitrogens with zero attached hydrogens (tertiary/aromatic N) is 7. The van der Waals surface area contributed by atoms with Gasteiger partial charge < -0.3 is 20.9 Å². The number of aromatic nitrogens is 5. The third-order valence-corrected chi connectivity index (χ3v) is 15.7. The van der Waals surface area contributed by atoms with Crippen LogP contribution in [0.15, 0.2) is 135 Å². The first-order valence-electron chi connectivity index (χ1n) is 25.0. The minimum Gasteiger partial charge on any atom is -0.363 e. The van der Waals surface area contributed by atoms with Crippen LogP contribution in [0.4, 0.5) is 16.8 Å². The molecule has 2 atom stereocenters. The van der Waals surface area contributed by atoms with E-state index in [1.54, 1.807) is 11.3 Å². The summed E-state index contributed by atoms with van der Waals surface area (Å²) in [6.45, 7) is 30.7. The van der Waals surface area contributed by atoms with Crippen LogP contribution in [-0.4, -0.2) is 55.8 Å². The molecule has 70 heavy (non-hydrogen) atoms. The van der Waals surface area contributed by atoms with Gasteiger partial charge in [0.2, 0.25) is 0 Å². The SMILES string of the molecule is C=Cc1nc(N2CCc3cccc(C(=C)Nc4nc5ccccc5s4)c3C2)ccc1-c1ccc(C[C@H](C)CCC2CCN(CC(=C)Nc3ccc4c(C5CCC(=C)NC5=C)nn(C)c4n3)CC2)cc1C. The Bertz CT molecular complexity index is 3120. The van der Waals surface area contributed by atoms with E-state index in [4.69, 9.17) is 20.1 Å². The summed E-state index contributed by atoms with van der Waals surface area (Å²) in [4.78, 5) is 19.9. The summed E-state index contributed by atoms with van der Waals surface area (Å²) in [5.74, 6) is 3.30. The fourth-order valence-corrected chi connectivity index (χ4v) is 11.9. The van der Waals surface area contributed by atoms with E-state index in [1.165, 1.54) is 53.5 Å². The maximum Gasteiger partial charge on any atom is 0.188 e. The molecule has 7 heterocycles. The van der Waals surface area contributed by atoms with Crippen LogP contribution in [0, 0.1) is 18.8 Å². The topological polar surface area (TPSA) is 99.1 Å². The van der Waals surface area contributed by atoms with E-state index in [-0.39, 0.29) is 5.92 Å². The normalized spacial score (nSPS) is 17.1. The third kappa shape index (κ3) is 10.1. The Labute approximate surface area is 417 Å². The first kappa shape index (κ1) is 46.9. The molecule has 7 aromatic rings. The molecule has 10 rings (SSSR count). The van der Waals surface area contributed by atoms with Crippen LogP contribution in [0.2, 0.25) is 0 Å². The van der Waals surface area contributed by atoms with Crippen LogP contribution in [0.5, 0.6) is 0 Å². The van der Waals surface area contributed by atoms with Gasteiger partial charge in [-0.25, -0.2) is 15.0 Å². The van der Waals surface area contributed by atoms with E-state index >= 15 is 0 Å². The van der Waals surface area contributed by atoms with E-state index in [0.717, 1.165) is 148 Å². The number of aryl methyl sites for hydroxylation is 2. The molecule has 4 aromatic heterocycles. The molecule has 358 valence electrons. The van der Waals surface area contributed by atoms with Gasteiger partial charge in [-0.15, -0.1) is 0 Å². The zero-order valence-electron chi connectivity index (χ0n) is 41.2. The predicted molar refractivity (Wildman–Crippen MR) is 294 cm³/mol. The molecule has 2 fully saturated rings. The molecule has 0 aliphatic carbocycles. The summed E-state index contributed by atoms with van der Waals surface area (Å²) < 4.78 is 3.04. The van der Waals surface area contributed by atoms with Crippen LogP contribution in [0.1, 0.15) is 90.6 Å². The highest BCUT2D eigenvalue weighted by molar-refractivity contribution is 7.22. The van der Waals surface area contributed by atoms with Gasteiger partial charge in [0, 0.05) is 71.9 Å². The van der Waals surface area contributed by atoms with Crippen LogP contribution in [0.25, 0.3) is 44.1 Å². The van der Waals surface area contributed by atoms with Crippen molar-refractivity contribution < 1.29 is 0 Å². The first-order chi connectivity index (χ1) is 34.0. The van der Waals surface area contributed by atoms with Gasteiger partial charge in [0.15, 0.2) is 10.8 Å². The number of benzene rings is 3. The van der Waals surface area contributed by atoms with Crippen molar-refractivity contribution >= 4 is 61.1 Å². The zero-order chi connectivity index (χ0) is 48.5. The lowest BCUT2D eigenvalue weighted by atomic mass is 9.86. The van der Waals surface area contributed by atoms with Gasteiger partial charge in [-0.1, -0.05) is 113 Å². The van der Waals surface area contributed by atoms with Crippen molar-refractivity contribution in [3.05, 3.63) is 174 Å². The summed E-state index contributed by atoms with van der Waals surface area (Å²) in [6, 6.07) is 30.4. The van der Waals surface area contributed by atoms with E-state index in [1.807, 2.05) is 36.0 Å². The Morgan fingerprint density at radius 3 is 2.53 bits per heavy atom. The molecular formula is C59H66N10S. The number of fused-ring (bicyclic) bond motifs is 3. The second-order valence-corrected chi connectivity index (χ2v) is 20.9. The lowest BCUT2D eigenvalue weighted by molar-refractivity contribution is 0.186. The van der Waals surface area contributed by atoms with Crippen molar-refractivity contribution in [2.24, 2.45) is 18.9 Å². The molecule has 3 aliphatic heterocycles. The zero-order valence-corrected chi connectivity index (χ0v) is 42.0. The predicted octanol–water partition coefficient (Wildman–Crippen LogP) is 13.0. The first-order valence-corrected chi connectivity index (χ1v) is 25.8. The van der Waals surface area contributed by atoms with Gasteiger partial charge in [-0.05, 0) is 141 Å². The van der Waals surface area contributed by atoms with E-state index in [9.17, 15) is 0 Å². The van der Waals surface area contributed by atoms with Crippen LogP contribution >= 0.6 is 11.3 Å². The largest absolute Gasteiger partial charge is 0.363 e. The number of likely N-dealkylation sites (tertiary alicyclic amines) is 1. The molecule has 2 saturated heterocycles. The molecule has 10 nitrogen and oxygen atoms in total. The van der Waals surface area contributed by atoms with Gasteiger partial charge in [0.25, 0.3) is 0 Å². The maximum absolute atomic E-state index is 5.22. The Morgan fingerprint density at radius 1 is 0.900 bits per heavy atom. The van der Waals surface area contributed by atoms with Crippen LogP contribution in [-0.2, 0) is 26.4 Å². The Kier molecular flexibility index (Phi) is 13.6. The number of para-hydroxylation sites is 1. The molecule has 3 N–H and O–H groups in total. The van der Waals surface area contributed by atoms with Gasteiger partial charge in [0.05, 0.1) is 21.6 Å². The number of rotatable bonds is 16. The Morgan fingerprint density at radius 2 is 1.73 bits per heavy atom. The number of hydrogen-bond acceptors (Lipinski definition) is 10. The number of piperidine rings is 2. The minimum absolute atomic E-state index is 0.147. The van der Waals surface area contributed by atoms with Crippen molar-refractivity contribution in [1.82, 2.24) is 34.9 Å². The van der Waals surface area contributed by atoms with E-state index in [2.05, 4.69) is 139 Å².